The summed E-state index contributed by atoms with van der Waals surface area (Å²) in [5.74, 6) is 2.90. The van der Waals surface area contributed by atoms with E-state index in [1.807, 2.05) is 32.2 Å². The van der Waals surface area contributed by atoms with E-state index in [9.17, 15) is 4.79 Å². The first-order valence-electron chi connectivity index (χ1n) is 6.21. The molecule has 0 radical (unpaired) electrons. The van der Waals surface area contributed by atoms with Gasteiger partial charge in [0.05, 0.1) is 6.54 Å². The second kappa shape index (κ2) is 7.45. The van der Waals surface area contributed by atoms with Crippen LogP contribution < -0.4 is 15.4 Å². The largest absolute Gasteiger partial charge is 0.480 e. The number of hydrogen-bond donors (Lipinski definition) is 2. The fourth-order valence-electron chi connectivity index (χ4n) is 1.72. The molecule has 0 heterocycles. The number of benzene rings is 1. The first kappa shape index (κ1) is 15.1. The lowest BCUT2D eigenvalue weighted by atomic mass is 10.1. The van der Waals surface area contributed by atoms with Crippen LogP contribution in [0.1, 0.15) is 18.1 Å². The van der Waals surface area contributed by atoms with Crippen molar-refractivity contribution < 1.29 is 9.53 Å². The number of aryl methyl sites for hydroxylation is 1. The van der Waals surface area contributed by atoms with Gasteiger partial charge in [-0.15, -0.1) is 6.42 Å². The van der Waals surface area contributed by atoms with E-state index in [2.05, 4.69) is 16.6 Å². The molecular weight excluding hydrogens is 240 g/mol. The highest BCUT2D eigenvalue weighted by Crippen LogP contribution is 2.24. The molecule has 1 amide bonds. The standard InChI is InChI=1S/C15H20N2O2/c1-5-9-17-15(18)12(3)19-14-11(2)7-6-8-13(14)10-16-4/h1,6-8,12,16H,9-10H2,2-4H3,(H,17,18). The van der Waals surface area contributed by atoms with Crippen LogP contribution in [0.5, 0.6) is 5.75 Å². The maximum Gasteiger partial charge on any atom is 0.261 e. The minimum Gasteiger partial charge on any atom is -0.480 e. The number of nitrogens with one attached hydrogen (secondary N) is 2. The van der Waals surface area contributed by atoms with Gasteiger partial charge in [-0.25, -0.2) is 0 Å². The second-order valence-corrected chi connectivity index (χ2v) is 4.28. The topological polar surface area (TPSA) is 50.4 Å². The zero-order valence-corrected chi connectivity index (χ0v) is 11.6. The highest BCUT2D eigenvalue weighted by atomic mass is 16.5. The number of amides is 1. The van der Waals surface area contributed by atoms with Crippen molar-refractivity contribution in [1.29, 1.82) is 0 Å². The average molecular weight is 260 g/mol. The summed E-state index contributed by atoms with van der Waals surface area (Å²) in [7, 11) is 1.87. The van der Waals surface area contributed by atoms with Crippen molar-refractivity contribution in [3.63, 3.8) is 0 Å². The molecule has 1 rings (SSSR count). The normalized spacial score (nSPS) is 11.5. The van der Waals surface area contributed by atoms with E-state index in [-0.39, 0.29) is 12.5 Å². The molecule has 0 aliphatic carbocycles. The molecule has 4 nitrogen and oxygen atoms in total. The lowest BCUT2D eigenvalue weighted by molar-refractivity contribution is -0.127. The third kappa shape index (κ3) is 4.31. The van der Waals surface area contributed by atoms with E-state index < -0.39 is 6.10 Å². The Kier molecular flexibility index (Phi) is 5.91. The number of para-hydroxylation sites is 1. The average Bonchev–Trinajstić information content (AvgIpc) is 2.40. The second-order valence-electron chi connectivity index (χ2n) is 4.28. The Labute approximate surface area is 114 Å². The minimum atomic E-state index is -0.579. The zero-order valence-electron chi connectivity index (χ0n) is 11.6. The third-order valence-electron chi connectivity index (χ3n) is 2.69. The van der Waals surface area contributed by atoms with Crippen molar-refractivity contribution in [2.75, 3.05) is 13.6 Å². The van der Waals surface area contributed by atoms with Crippen LogP contribution in [0.3, 0.4) is 0 Å². The van der Waals surface area contributed by atoms with Gasteiger partial charge in [0.2, 0.25) is 0 Å². The van der Waals surface area contributed by atoms with Gasteiger partial charge in [0, 0.05) is 12.1 Å². The number of terminal acetylenes is 1. The Balaban J connectivity index is 2.81. The van der Waals surface area contributed by atoms with Crippen molar-refractivity contribution in [3.05, 3.63) is 29.3 Å². The van der Waals surface area contributed by atoms with E-state index in [4.69, 9.17) is 11.2 Å². The lowest BCUT2D eigenvalue weighted by Crippen LogP contribution is -2.36. The molecule has 1 aromatic rings. The first-order valence-corrected chi connectivity index (χ1v) is 6.21. The Morgan fingerprint density at radius 2 is 2.26 bits per heavy atom. The van der Waals surface area contributed by atoms with Crippen LogP contribution in [0.15, 0.2) is 18.2 Å². The number of carbonyl (C=O) groups is 1. The monoisotopic (exact) mass is 260 g/mol. The summed E-state index contributed by atoms with van der Waals surface area (Å²) in [4.78, 5) is 11.7. The van der Waals surface area contributed by atoms with E-state index >= 15 is 0 Å². The smallest absolute Gasteiger partial charge is 0.261 e. The van der Waals surface area contributed by atoms with Gasteiger partial charge in [-0.05, 0) is 26.5 Å². The van der Waals surface area contributed by atoms with Gasteiger partial charge in [-0.2, -0.15) is 0 Å². The Morgan fingerprint density at radius 1 is 1.53 bits per heavy atom. The van der Waals surface area contributed by atoms with Gasteiger partial charge in [0.1, 0.15) is 5.75 Å². The molecule has 0 aliphatic heterocycles. The molecule has 0 bridgehead atoms. The summed E-state index contributed by atoms with van der Waals surface area (Å²) in [5, 5.41) is 5.69. The molecule has 102 valence electrons. The molecule has 2 N–H and O–H groups in total. The van der Waals surface area contributed by atoms with Gasteiger partial charge in [0.25, 0.3) is 5.91 Å². The van der Waals surface area contributed by atoms with Gasteiger partial charge >= 0.3 is 0 Å². The Bertz CT molecular complexity index is 478. The van der Waals surface area contributed by atoms with Crippen molar-refractivity contribution >= 4 is 5.91 Å². The van der Waals surface area contributed by atoms with Gasteiger partial charge in [-0.3, -0.25) is 4.79 Å². The summed E-state index contributed by atoms with van der Waals surface area (Å²) >= 11 is 0. The maximum absolute atomic E-state index is 11.7. The molecule has 1 aromatic carbocycles. The first-order chi connectivity index (χ1) is 9.10. The fourth-order valence-corrected chi connectivity index (χ4v) is 1.72. The van der Waals surface area contributed by atoms with Crippen LogP contribution in [0.4, 0.5) is 0 Å². The molecule has 0 fully saturated rings. The molecule has 19 heavy (non-hydrogen) atoms. The molecule has 0 spiro atoms. The van der Waals surface area contributed by atoms with Crippen LogP contribution in [0, 0.1) is 19.3 Å². The third-order valence-corrected chi connectivity index (χ3v) is 2.69. The summed E-state index contributed by atoms with van der Waals surface area (Å²) in [6.45, 7) is 4.57. The van der Waals surface area contributed by atoms with Gasteiger partial charge in [0.15, 0.2) is 6.10 Å². The van der Waals surface area contributed by atoms with Crippen LogP contribution >= 0.6 is 0 Å². The van der Waals surface area contributed by atoms with E-state index in [0.29, 0.717) is 6.54 Å². The van der Waals surface area contributed by atoms with E-state index in [1.54, 1.807) is 6.92 Å². The quantitative estimate of drug-likeness (QED) is 0.756. The SMILES string of the molecule is C#CCNC(=O)C(C)Oc1c(C)cccc1CNC. The number of hydrogen-bond acceptors (Lipinski definition) is 3. The molecule has 0 aliphatic rings. The number of ether oxygens (including phenoxy) is 1. The van der Waals surface area contributed by atoms with E-state index in [0.717, 1.165) is 16.9 Å². The molecule has 0 saturated heterocycles. The highest BCUT2D eigenvalue weighted by molar-refractivity contribution is 5.81. The predicted octanol–water partition coefficient (Wildman–Crippen LogP) is 1.23. The number of carbonyl (C=O) groups excluding carboxylic acids is 1. The van der Waals surface area contributed by atoms with Gasteiger partial charge < -0.3 is 15.4 Å². The summed E-state index contributed by atoms with van der Waals surface area (Å²) in [6, 6.07) is 5.91. The predicted molar refractivity (Wildman–Crippen MR) is 75.9 cm³/mol. The van der Waals surface area contributed by atoms with Crippen molar-refractivity contribution in [3.8, 4) is 18.1 Å². The molecule has 0 aromatic heterocycles. The Morgan fingerprint density at radius 3 is 2.89 bits per heavy atom. The summed E-state index contributed by atoms with van der Waals surface area (Å²) in [5.41, 5.74) is 2.03. The number of rotatable bonds is 6. The van der Waals surface area contributed by atoms with Crippen LogP contribution in [0.2, 0.25) is 0 Å². The van der Waals surface area contributed by atoms with Crippen LogP contribution in [-0.2, 0) is 11.3 Å². The summed E-state index contributed by atoms with van der Waals surface area (Å²) < 4.78 is 5.77. The highest BCUT2D eigenvalue weighted by Gasteiger charge is 2.16. The molecule has 4 heteroatoms. The zero-order chi connectivity index (χ0) is 14.3. The molecule has 1 unspecified atom stereocenters. The molecule has 1 atom stereocenters. The fraction of sp³-hybridized carbons (Fsp3) is 0.400. The Hall–Kier alpha value is -1.99. The maximum atomic E-state index is 11.7. The van der Waals surface area contributed by atoms with Crippen LogP contribution in [-0.4, -0.2) is 25.6 Å². The molecular formula is C15H20N2O2. The van der Waals surface area contributed by atoms with E-state index in [1.165, 1.54) is 0 Å². The van der Waals surface area contributed by atoms with Crippen molar-refractivity contribution in [2.24, 2.45) is 0 Å². The lowest BCUT2D eigenvalue weighted by Gasteiger charge is -2.18. The minimum absolute atomic E-state index is 0.211. The van der Waals surface area contributed by atoms with Crippen LogP contribution in [0.25, 0.3) is 0 Å². The van der Waals surface area contributed by atoms with Gasteiger partial charge in [-0.1, -0.05) is 24.1 Å². The van der Waals surface area contributed by atoms with Crippen molar-refractivity contribution in [2.45, 2.75) is 26.5 Å². The summed E-state index contributed by atoms with van der Waals surface area (Å²) in [6.07, 6.45) is 4.52. The molecule has 0 saturated carbocycles. The van der Waals surface area contributed by atoms with Crippen molar-refractivity contribution in [1.82, 2.24) is 10.6 Å².